The van der Waals surface area contributed by atoms with Gasteiger partial charge in [0.1, 0.15) is 4.32 Å². The van der Waals surface area contributed by atoms with Gasteiger partial charge in [-0.2, -0.15) is 0 Å². The van der Waals surface area contributed by atoms with Gasteiger partial charge in [-0.05, 0) is 30.7 Å². The Morgan fingerprint density at radius 2 is 2.04 bits per heavy atom. The van der Waals surface area contributed by atoms with Gasteiger partial charge in [-0.3, -0.25) is 14.5 Å². The van der Waals surface area contributed by atoms with Crippen molar-refractivity contribution >= 4 is 46.2 Å². The van der Waals surface area contributed by atoms with Gasteiger partial charge in [-0.25, -0.2) is 0 Å². The minimum absolute atomic E-state index is 0.0886. The number of amides is 2. The summed E-state index contributed by atoms with van der Waals surface area (Å²) in [6, 6.07) is 5.37. The maximum Gasteiger partial charge on any atom is 0.266 e. The number of carbonyl (C=O) groups excluding carboxylic acids is 2. The van der Waals surface area contributed by atoms with Crippen LogP contribution in [0, 0.1) is 0 Å². The summed E-state index contributed by atoms with van der Waals surface area (Å²) in [4.78, 5) is 28.4. The molecule has 1 saturated heterocycles. The Kier molecular flexibility index (Phi) is 8.28. The number of likely N-dealkylation sites (N-methyl/N-ethyl adjacent to an activating group) is 1. The molecule has 0 aliphatic carbocycles. The van der Waals surface area contributed by atoms with Gasteiger partial charge < -0.3 is 19.5 Å². The number of benzene rings is 1. The highest BCUT2D eigenvalue weighted by Gasteiger charge is 2.32. The second-order valence-electron chi connectivity index (χ2n) is 5.89. The van der Waals surface area contributed by atoms with Crippen LogP contribution in [0.4, 0.5) is 0 Å². The zero-order chi connectivity index (χ0) is 20.7. The van der Waals surface area contributed by atoms with Gasteiger partial charge in [0.25, 0.3) is 5.91 Å². The number of thioether (sulfide) groups is 1. The van der Waals surface area contributed by atoms with Crippen LogP contribution in [-0.2, 0) is 9.59 Å². The van der Waals surface area contributed by atoms with E-state index in [1.54, 1.807) is 37.3 Å². The predicted octanol–water partition coefficient (Wildman–Crippen LogP) is 2.14. The first-order valence-corrected chi connectivity index (χ1v) is 10.0. The Hall–Kier alpha value is -2.10. The third-order valence-electron chi connectivity index (χ3n) is 4.23. The highest BCUT2D eigenvalue weighted by Crippen LogP contribution is 2.34. The Balaban J connectivity index is 2.08. The zero-order valence-electron chi connectivity index (χ0n) is 16.1. The number of thiocarbonyl (C=S) groups is 1. The largest absolute Gasteiger partial charge is 0.493 e. The van der Waals surface area contributed by atoms with Crippen molar-refractivity contribution in [3.63, 3.8) is 0 Å². The van der Waals surface area contributed by atoms with E-state index < -0.39 is 0 Å². The van der Waals surface area contributed by atoms with Crippen LogP contribution in [-0.4, -0.2) is 71.5 Å². The Bertz CT molecular complexity index is 782. The summed E-state index contributed by atoms with van der Waals surface area (Å²) < 4.78 is 10.9. The third kappa shape index (κ3) is 5.24. The van der Waals surface area contributed by atoms with Crippen LogP contribution in [0.5, 0.6) is 11.5 Å². The second kappa shape index (κ2) is 10.4. The summed E-state index contributed by atoms with van der Waals surface area (Å²) in [5, 5.41) is 9.02. The first-order valence-electron chi connectivity index (χ1n) is 8.81. The van der Waals surface area contributed by atoms with E-state index in [-0.39, 0.29) is 37.9 Å². The summed E-state index contributed by atoms with van der Waals surface area (Å²) in [7, 11) is 3.11. The van der Waals surface area contributed by atoms with Crippen molar-refractivity contribution in [2.24, 2.45) is 0 Å². The lowest BCUT2D eigenvalue weighted by Gasteiger charge is -2.21. The molecule has 0 saturated carbocycles. The average molecular weight is 425 g/mol. The number of carbonyl (C=O) groups is 2. The molecule has 9 heteroatoms. The lowest BCUT2D eigenvalue weighted by molar-refractivity contribution is -0.132. The summed E-state index contributed by atoms with van der Waals surface area (Å²) in [5.41, 5.74) is 0.786. The van der Waals surface area contributed by atoms with Gasteiger partial charge in [0.05, 0.1) is 25.7 Å². The van der Waals surface area contributed by atoms with Crippen LogP contribution in [0.15, 0.2) is 23.1 Å². The quantitative estimate of drug-likeness (QED) is 0.481. The summed E-state index contributed by atoms with van der Waals surface area (Å²) >= 11 is 6.52. The molecule has 2 rings (SSSR count). The molecule has 28 heavy (non-hydrogen) atoms. The Morgan fingerprint density at radius 1 is 1.32 bits per heavy atom. The highest BCUT2D eigenvalue weighted by atomic mass is 32.2. The van der Waals surface area contributed by atoms with Crippen LogP contribution in [0.3, 0.4) is 0 Å². The Labute approximate surface area is 174 Å². The molecule has 0 atom stereocenters. The zero-order valence-corrected chi connectivity index (χ0v) is 17.8. The molecule has 1 aliphatic rings. The topological polar surface area (TPSA) is 79.3 Å². The molecule has 7 nitrogen and oxygen atoms in total. The molecule has 1 heterocycles. The van der Waals surface area contributed by atoms with Crippen LogP contribution < -0.4 is 9.47 Å². The van der Waals surface area contributed by atoms with Gasteiger partial charge in [0.2, 0.25) is 5.91 Å². The molecule has 0 radical (unpaired) electrons. The normalized spacial score (nSPS) is 15.3. The van der Waals surface area contributed by atoms with Crippen LogP contribution in [0.2, 0.25) is 0 Å². The third-order valence-corrected chi connectivity index (χ3v) is 5.61. The summed E-state index contributed by atoms with van der Waals surface area (Å²) in [6.07, 6.45) is 1.90. The molecule has 0 unspecified atom stereocenters. The monoisotopic (exact) mass is 424 g/mol. The van der Waals surface area contributed by atoms with Crippen molar-refractivity contribution in [3.8, 4) is 11.5 Å². The molecule has 1 aromatic rings. The van der Waals surface area contributed by atoms with E-state index in [0.717, 1.165) is 5.56 Å². The van der Waals surface area contributed by atoms with E-state index in [1.807, 2.05) is 13.0 Å². The first-order chi connectivity index (χ1) is 13.4. The lowest BCUT2D eigenvalue weighted by Crippen LogP contribution is -2.37. The number of hydrogen-bond donors (Lipinski definition) is 1. The van der Waals surface area contributed by atoms with Crippen molar-refractivity contribution in [1.29, 1.82) is 0 Å². The number of methoxy groups -OCH3 is 2. The summed E-state index contributed by atoms with van der Waals surface area (Å²) in [5.74, 6) is 0.840. The molecule has 1 fully saturated rings. The summed E-state index contributed by atoms with van der Waals surface area (Å²) in [6.45, 7) is 2.77. The smallest absolute Gasteiger partial charge is 0.266 e. The van der Waals surface area contributed by atoms with Crippen LogP contribution >= 0.6 is 24.0 Å². The van der Waals surface area contributed by atoms with Crippen molar-refractivity contribution in [2.75, 3.05) is 40.5 Å². The second-order valence-corrected chi connectivity index (χ2v) is 7.57. The van der Waals surface area contributed by atoms with Crippen molar-refractivity contribution in [1.82, 2.24) is 9.80 Å². The number of ether oxygens (including phenoxy) is 2. The number of hydrogen-bond acceptors (Lipinski definition) is 7. The average Bonchev–Trinajstić information content (AvgIpc) is 2.96. The molecular formula is C19H24N2O5S2. The number of aliphatic hydroxyl groups is 1. The van der Waals surface area contributed by atoms with E-state index >= 15 is 0 Å². The lowest BCUT2D eigenvalue weighted by atomic mass is 10.2. The van der Waals surface area contributed by atoms with Crippen LogP contribution in [0.25, 0.3) is 6.08 Å². The van der Waals surface area contributed by atoms with E-state index in [2.05, 4.69) is 0 Å². The predicted molar refractivity (Wildman–Crippen MR) is 113 cm³/mol. The SMILES string of the molecule is CCN(CCO)C(=O)CCN1C(=O)C(=Cc2ccc(OC)c(OC)c2)SC1=S. The molecule has 1 N–H and O–H groups in total. The van der Waals surface area contributed by atoms with E-state index in [1.165, 1.54) is 16.7 Å². The fraction of sp³-hybridized carbons (Fsp3) is 0.421. The van der Waals surface area contributed by atoms with E-state index in [4.69, 9.17) is 26.8 Å². The fourth-order valence-corrected chi connectivity index (χ4v) is 4.04. The molecule has 0 aromatic heterocycles. The molecule has 2 amide bonds. The molecule has 1 aromatic carbocycles. The minimum atomic E-state index is -0.220. The van der Waals surface area contributed by atoms with Crippen molar-refractivity contribution in [2.45, 2.75) is 13.3 Å². The maximum atomic E-state index is 12.7. The van der Waals surface area contributed by atoms with Gasteiger partial charge >= 0.3 is 0 Å². The van der Waals surface area contributed by atoms with Gasteiger partial charge in [-0.1, -0.05) is 30.0 Å². The molecule has 152 valence electrons. The standard InChI is InChI=1S/C19H24N2O5S2/c1-4-20(9-10-22)17(23)7-8-21-18(24)16(28-19(21)27)12-13-5-6-14(25-2)15(11-13)26-3/h5-6,11-12,22H,4,7-10H2,1-3H3. The molecule has 1 aliphatic heterocycles. The van der Waals surface area contributed by atoms with E-state index in [9.17, 15) is 9.59 Å². The fourth-order valence-electron chi connectivity index (χ4n) is 2.73. The van der Waals surface area contributed by atoms with E-state index in [0.29, 0.717) is 27.3 Å². The van der Waals surface area contributed by atoms with Crippen LogP contribution in [0.1, 0.15) is 18.9 Å². The molecule has 0 bridgehead atoms. The van der Waals surface area contributed by atoms with Crippen molar-refractivity contribution in [3.05, 3.63) is 28.7 Å². The van der Waals surface area contributed by atoms with Gasteiger partial charge in [0.15, 0.2) is 11.5 Å². The first kappa shape index (κ1) is 22.2. The number of nitrogens with zero attached hydrogens (tertiary/aromatic N) is 2. The van der Waals surface area contributed by atoms with Gasteiger partial charge in [-0.15, -0.1) is 0 Å². The minimum Gasteiger partial charge on any atom is -0.493 e. The Morgan fingerprint density at radius 3 is 2.64 bits per heavy atom. The van der Waals surface area contributed by atoms with Gasteiger partial charge in [0, 0.05) is 26.1 Å². The molecular weight excluding hydrogens is 400 g/mol. The number of aliphatic hydroxyl groups excluding tert-OH is 1. The maximum absolute atomic E-state index is 12.7. The highest BCUT2D eigenvalue weighted by molar-refractivity contribution is 8.26. The number of rotatable bonds is 9. The molecule has 0 spiro atoms. The van der Waals surface area contributed by atoms with Crippen molar-refractivity contribution < 1.29 is 24.2 Å².